The van der Waals surface area contributed by atoms with E-state index in [1.807, 2.05) is 14.1 Å². The third-order valence-electron chi connectivity index (χ3n) is 12.0. The molecular weight excluding hydrogens is 862 g/mol. The topological polar surface area (TPSA) is 211 Å². The Hall–Kier alpha value is -3.59. The van der Waals surface area contributed by atoms with E-state index >= 15 is 0 Å². The number of unbranched alkanes of at least 4 members (excludes halogenated alkanes) is 22. The van der Waals surface area contributed by atoms with E-state index in [0.29, 0.717) is 43.1 Å². The Morgan fingerprint density at radius 1 is 0.657 bits per heavy atom. The zero-order valence-electron chi connectivity index (χ0n) is 42.4. The number of ketones is 2. The number of allylic oxidation sites excluding steroid dienone is 4. The first-order chi connectivity index (χ1) is 31.8. The second kappa shape index (κ2) is 42.5. The molecule has 0 rings (SSSR count). The number of aldehydes is 1. The number of aliphatic imine (C=N–C) groups is 1. The number of nitrogens with two attached hydrogens (primary N) is 3. The summed E-state index contributed by atoms with van der Waals surface area (Å²) in [5.74, 6) is -3.63. The number of amides is 1. The van der Waals surface area contributed by atoms with Crippen LogP contribution in [0.3, 0.4) is 0 Å². The van der Waals surface area contributed by atoms with Gasteiger partial charge in [-0.05, 0) is 77.0 Å². The Labute approximate surface area is 404 Å². The van der Waals surface area contributed by atoms with Crippen LogP contribution >= 0.6 is 0 Å². The van der Waals surface area contributed by atoms with Crippen molar-refractivity contribution < 1.29 is 46.7 Å². The summed E-state index contributed by atoms with van der Waals surface area (Å²) in [5, 5.41) is 11.6. The second-order valence-corrected chi connectivity index (χ2v) is 19.0. The minimum Gasteiger partial charge on any atom is -0.542 e. The first kappa shape index (κ1) is 65.5. The maximum atomic E-state index is 13.7. The Bertz CT molecular complexity index is 1390. The standard InChI is InChI=1S/C50H94N6O4.C2HF3O2/c1-5-7-9-11-13-15-17-19-21-23-25-27-29-31-33-36-46(58)42-45(47(59)37-34-32-30-28-26-24-22-20-18-16-14-12-10-8-6-2)43-56(3,4)41-40-54-48(60)50(53,44-57)38-35-39-55-49(51)52;3-2(4,5)1(6)7/h19-22,44-45H,5-18,23-43,53H2,1-4H3,(H4-,51,52,54,55,60);(H,6,7)/b21-19-,22-20-;/t45?,50-;/m0./s1. The van der Waals surface area contributed by atoms with Crippen molar-refractivity contribution in [1.29, 1.82) is 0 Å². The quantitative estimate of drug-likeness (QED) is 0.00870. The molecule has 12 nitrogen and oxygen atoms in total. The number of carbonyl (C=O) groups is 5. The Kier molecular flexibility index (Phi) is 41.6. The van der Waals surface area contributed by atoms with Crippen LogP contribution in [-0.4, -0.2) is 92.2 Å². The summed E-state index contributed by atoms with van der Waals surface area (Å²) in [7, 11) is 4.04. The molecule has 7 N–H and O–H groups in total. The number of carboxylic acid groups (broad SMARTS) is 1. The van der Waals surface area contributed by atoms with E-state index in [-0.39, 0.29) is 49.4 Å². The molecule has 0 saturated heterocycles. The fourth-order valence-corrected chi connectivity index (χ4v) is 7.75. The number of guanidine groups is 1. The number of carbonyl (C=O) groups excluding carboxylic acids is 5. The van der Waals surface area contributed by atoms with Crippen molar-refractivity contribution in [2.45, 2.75) is 225 Å². The number of hydrogen-bond donors (Lipinski definition) is 4. The number of rotatable bonds is 44. The molecule has 0 aliphatic heterocycles. The summed E-state index contributed by atoms with van der Waals surface area (Å²) >= 11 is 0. The fraction of sp³-hybridized carbons (Fsp3) is 0.808. The van der Waals surface area contributed by atoms with Crippen LogP contribution in [0.4, 0.5) is 13.2 Å². The van der Waals surface area contributed by atoms with Gasteiger partial charge in [0, 0.05) is 25.8 Å². The van der Waals surface area contributed by atoms with Crippen molar-refractivity contribution in [3.8, 4) is 0 Å². The summed E-state index contributed by atoms with van der Waals surface area (Å²) < 4.78 is 32.0. The van der Waals surface area contributed by atoms with Gasteiger partial charge in [-0.25, -0.2) is 0 Å². The molecule has 0 bridgehead atoms. The highest BCUT2D eigenvalue weighted by Crippen LogP contribution is 2.20. The molecule has 15 heteroatoms. The lowest BCUT2D eigenvalue weighted by Crippen LogP contribution is -2.57. The third kappa shape index (κ3) is 42.3. The predicted molar refractivity (Wildman–Crippen MR) is 266 cm³/mol. The molecule has 0 aliphatic rings. The average molecular weight is 957 g/mol. The Morgan fingerprint density at radius 2 is 1.06 bits per heavy atom. The van der Waals surface area contributed by atoms with Gasteiger partial charge in [-0.1, -0.05) is 141 Å². The summed E-state index contributed by atoms with van der Waals surface area (Å²) in [6.45, 7) is 6.11. The highest BCUT2D eigenvalue weighted by Gasteiger charge is 2.34. The molecule has 0 saturated carbocycles. The molecule has 390 valence electrons. The van der Waals surface area contributed by atoms with Gasteiger partial charge in [-0.15, -0.1) is 0 Å². The lowest BCUT2D eigenvalue weighted by Gasteiger charge is -2.33. The van der Waals surface area contributed by atoms with Crippen LogP contribution in [0.25, 0.3) is 0 Å². The largest absolute Gasteiger partial charge is 0.542 e. The van der Waals surface area contributed by atoms with Gasteiger partial charge in [-0.3, -0.25) is 19.4 Å². The molecule has 1 amide bonds. The lowest BCUT2D eigenvalue weighted by atomic mass is 9.91. The second-order valence-electron chi connectivity index (χ2n) is 19.0. The minimum absolute atomic E-state index is 0.0533. The van der Waals surface area contributed by atoms with Gasteiger partial charge >= 0.3 is 6.18 Å². The molecule has 67 heavy (non-hydrogen) atoms. The number of Topliss-reactive ketones (excluding diaryl/α,β-unsaturated/α-hetero) is 2. The molecule has 0 aliphatic carbocycles. The number of nitrogens with one attached hydrogen (secondary N) is 1. The number of quaternary nitrogens is 1. The van der Waals surface area contributed by atoms with Crippen LogP contribution in [0.5, 0.6) is 0 Å². The van der Waals surface area contributed by atoms with E-state index in [4.69, 9.17) is 27.1 Å². The molecule has 0 aromatic rings. The van der Waals surface area contributed by atoms with Gasteiger partial charge in [0.25, 0.3) is 0 Å². The zero-order valence-corrected chi connectivity index (χ0v) is 42.4. The number of halogens is 3. The molecule has 0 heterocycles. The van der Waals surface area contributed by atoms with Crippen molar-refractivity contribution >= 4 is 35.7 Å². The minimum atomic E-state index is -5.19. The molecule has 0 aromatic heterocycles. The van der Waals surface area contributed by atoms with E-state index in [2.05, 4.69) is 48.5 Å². The molecule has 1 unspecified atom stereocenters. The van der Waals surface area contributed by atoms with E-state index in [1.165, 1.54) is 116 Å². The highest BCUT2D eigenvalue weighted by atomic mass is 19.4. The molecule has 0 radical (unpaired) electrons. The average Bonchev–Trinajstić information content (AvgIpc) is 3.27. The van der Waals surface area contributed by atoms with Crippen LogP contribution in [0, 0.1) is 5.92 Å². The van der Waals surface area contributed by atoms with Crippen LogP contribution < -0.4 is 27.6 Å². The third-order valence-corrected chi connectivity index (χ3v) is 12.0. The van der Waals surface area contributed by atoms with Crippen LogP contribution in [0.1, 0.15) is 213 Å². The van der Waals surface area contributed by atoms with Gasteiger partial charge in [0.15, 0.2) is 11.5 Å². The van der Waals surface area contributed by atoms with Crippen molar-refractivity contribution in [1.82, 2.24) is 5.32 Å². The molecule has 2 atom stereocenters. The van der Waals surface area contributed by atoms with Crippen molar-refractivity contribution in [2.75, 3.05) is 40.3 Å². The SMILES string of the molecule is CCCCCCCC/C=C\CCCCCCCC(=O)CC(C[N+](C)(C)CCNC(=O)[C@@](N)(C=O)CCCN=C(N)N)C(=O)CCCCCCC/C=C\CCCCCCCC.O=C([O-])C(F)(F)F. The summed E-state index contributed by atoms with van der Waals surface area (Å²) in [6.07, 6.45) is 37.9. The number of aliphatic carboxylic acids is 1. The van der Waals surface area contributed by atoms with Gasteiger partial charge in [-0.2, -0.15) is 13.2 Å². The molecule has 0 fully saturated rings. The molecule has 0 spiro atoms. The summed E-state index contributed by atoms with van der Waals surface area (Å²) in [4.78, 5) is 64.4. The van der Waals surface area contributed by atoms with Gasteiger partial charge in [0.1, 0.15) is 23.8 Å². The zero-order chi connectivity index (χ0) is 50.7. The Morgan fingerprint density at radius 3 is 1.46 bits per heavy atom. The number of hydrogen-bond acceptors (Lipinski definition) is 8. The van der Waals surface area contributed by atoms with Crippen molar-refractivity contribution in [3.63, 3.8) is 0 Å². The first-order valence-corrected chi connectivity index (χ1v) is 25.9. The van der Waals surface area contributed by atoms with E-state index < -0.39 is 23.6 Å². The smallest absolute Gasteiger partial charge is 0.430 e. The van der Waals surface area contributed by atoms with Crippen LogP contribution in [-0.2, 0) is 24.0 Å². The first-order valence-electron chi connectivity index (χ1n) is 25.9. The van der Waals surface area contributed by atoms with E-state index in [1.54, 1.807) is 0 Å². The van der Waals surface area contributed by atoms with E-state index in [9.17, 15) is 32.3 Å². The summed E-state index contributed by atoms with van der Waals surface area (Å²) in [5.41, 5.74) is 15.2. The maximum absolute atomic E-state index is 13.7. The number of likely N-dealkylation sites (N-methyl/N-ethyl adjacent to an activating group) is 1. The highest BCUT2D eigenvalue weighted by molar-refractivity contribution is 6.01. The normalized spacial score (nSPS) is 13.2. The maximum Gasteiger partial charge on any atom is 0.430 e. The molecular formula is C52H95F3N6O6. The van der Waals surface area contributed by atoms with Gasteiger partial charge in [0.2, 0.25) is 5.91 Å². The summed E-state index contributed by atoms with van der Waals surface area (Å²) in [6, 6.07) is 0. The predicted octanol–water partition coefficient (Wildman–Crippen LogP) is 9.65. The van der Waals surface area contributed by atoms with Gasteiger partial charge in [0.05, 0.1) is 39.6 Å². The number of nitrogens with zero attached hydrogens (tertiary/aromatic N) is 2. The monoisotopic (exact) mass is 957 g/mol. The Balaban J connectivity index is 0. The molecule has 0 aromatic carbocycles. The number of carboxylic acids is 1. The van der Waals surface area contributed by atoms with Crippen molar-refractivity contribution in [2.24, 2.45) is 28.1 Å². The van der Waals surface area contributed by atoms with Gasteiger partial charge < -0.3 is 41.7 Å². The van der Waals surface area contributed by atoms with E-state index in [0.717, 1.165) is 51.4 Å². The fourth-order valence-electron chi connectivity index (χ4n) is 7.75. The van der Waals surface area contributed by atoms with Crippen LogP contribution in [0.2, 0.25) is 0 Å². The van der Waals surface area contributed by atoms with Crippen LogP contribution in [0.15, 0.2) is 29.3 Å². The number of alkyl halides is 3. The van der Waals surface area contributed by atoms with Crippen molar-refractivity contribution in [3.05, 3.63) is 24.3 Å². The lowest BCUT2D eigenvalue weighted by molar-refractivity contribution is -0.891.